The molecule has 3 aromatic rings. The van der Waals surface area contributed by atoms with Gasteiger partial charge < -0.3 is 14.6 Å². The maximum Gasteiger partial charge on any atom is 0.310 e. The highest BCUT2D eigenvalue weighted by atomic mass is 16.6. The third kappa shape index (κ3) is 4.06. The molecule has 0 bridgehead atoms. The number of imidazole rings is 1. The Hall–Kier alpha value is -3.42. The predicted octanol–water partition coefficient (Wildman–Crippen LogP) is 3.56. The van der Waals surface area contributed by atoms with Gasteiger partial charge in [0.1, 0.15) is 5.82 Å². The van der Waals surface area contributed by atoms with Crippen molar-refractivity contribution in [1.29, 1.82) is 0 Å². The summed E-state index contributed by atoms with van der Waals surface area (Å²) in [5, 5.41) is 11.0. The molecule has 1 fully saturated rings. The van der Waals surface area contributed by atoms with Gasteiger partial charge in [0.25, 0.3) is 5.91 Å². The number of carbonyl (C=O) groups is 1. The van der Waals surface area contributed by atoms with Gasteiger partial charge in [-0.05, 0) is 43.5 Å². The van der Waals surface area contributed by atoms with Crippen molar-refractivity contribution >= 4 is 22.6 Å². The summed E-state index contributed by atoms with van der Waals surface area (Å²) in [4.78, 5) is 32.9. The lowest BCUT2D eigenvalue weighted by molar-refractivity contribution is -0.385. The number of amides is 1. The quantitative estimate of drug-likeness (QED) is 0.527. The number of H-pyrrole nitrogens is 1. The van der Waals surface area contributed by atoms with E-state index in [1.165, 1.54) is 17.7 Å². The summed E-state index contributed by atoms with van der Waals surface area (Å²) in [6.45, 7) is 3.06. The molecule has 1 N–H and O–H groups in total. The zero-order valence-corrected chi connectivity index (χ0v) is 16.1. The number of aromatic amines is 1. The zero-order valence-electron chi connectivity index (χ0n) is 16.1. The van der Waals surface area contributed by atoms with Crippen LogP contribution in [0.1, 0.15) is 30.1 Å². The smallest absolute Gasteiger partial charge is 0.310 e. The van der Waals surface area contributed by atoms with Crippen molar-refractivity contribution in [2.75, 3.05) is 19.7 Å². The van der Waals surface area contributed by atoms with E-state index in [0.717, 1.165) is 29.7 Å². The number of carbonyl (C=O) groups excluding carboxylic acids is 1. The number of nitrogens with zero attached hydrogens (tertiary/aromatic N) is 3. The van der Waals surface area contributed by atoms with Crippen molar-refractivity contribution in [3.63, 3.8) is 0 Å². The first-order valence-corrected chi connectivity index (χ1v) is 9.61. The normalized spacial score (nSPS) is 14.9. The monoisotopic (exact) mass is 394 g/mol. The number of hydrogen-bond acceptors (Lipinski definition) is 5. The van der Waals surface area contributed by atoms with Crippen LogP contribution >= 0.6 is 0 Å². The molecule has 0 radical (unpaired) electrons. The molecule has 29 heavy (non-hydrogen) atoms. The number of para-hydroxylation sites is 2. The number of fused-ring (bicyclic) bond motifs is 1. The minimum absolute atomic E-state index is 0.110. The number of aromatic nitrogens is 2. The first-order chi connectivity index (χ1) is 14.0. The average molecular weight is 394 g/mol. The van der Waals surface area contributed by atoms with Crippen molar-refractivity contribution in [3.05, 3.63) is 64.0 Å². The Morgan fingerprint density at radius 3 is 2.79 bits per heavy atom. The summed E-state index contributed by atoms with van der Waals surface area (Å²) in [6.07, 6.45) is 1.63. The number of ether oxygens (including phenoxy) is 1. The van der Waals surface area contributed by atoms with Crippen molar-refractivity contribution in [2.24, 2.45) is 0 Å². The van der Waals surface area contributed by atoms with E-state index in [1.54, 1.807) is 17.0 Å². The van der Waals surface area contributed by atoms with E-state index in [1.807, 2.05) is 12.1 Å². The summed E-state index contributed by atoms with van der Waals surface area (Å²) in [7, 11) is 0. The maximum absolute atomic E-state index is 12.5. The highest BCUT2D eigenvalue weighted by Gasteiger charge is 2.26. The number of benzene rings is 2. The molecule has 0 saturated carbocycles. The third-order valence-electron chi connectivity index (χ3n) is 5.30. The Labute approximate surface area is 167 Å². The summed E-state index contributed by atoms with van der Waals surface area (Å²) >= 11 is 0. The van der Waals surface area contributed by atoms with Crippen LogP contribution in [0.4, 0.5) is 5.69 Å². The number of nitro groups is 1. The van der Waals surface area contributed by atoms with Gasteiger partial charge in [-0.2, -0.15) is 0 Å². The molecule has 0 spiro atoms. The highest BCUT2D eigenvalue weighted by Crippen LogP contribution is 2.29. The summed E-state index contributed by atoms with van der Waals surface area (Å²) in [6, 6.07) is 12.2. The van der Waals surface area contributed by atoms with Crippen LogP contribution in [0.25, 0.3) is 11.0 Å². The zero-order chi connectivity index (χ0) is 20.4. The summed E-state index contributed by atoms with van der Waals surface area (Å²) in [5.74, 6) is 1.19. The Bertz CT molecular complexity index is 1050. The van der Waals surface area contributed by atoms with Gasteiger partial charge in [-0.1, -0.05) is 18.2 Å². The molecule has 0 atom stereocenters. The van der Waals surface area contributed by atoms with Crippen LogP contribution in [0.2, 0.25) is 0 Å². The molecule has 1 aliphatic heterocycles. The van der Waals surface area contributed by atoms with Crippen LogP contribution < -0.4 is 4.74 Å². The molecule has 150 valence electrons. The molecule has 8 nitrogen and oxygen atoms in total. The van der Waals surface area contributed by atoms with Crippen molar-refractivity contribution < 1.29 is 14.5 Å². The van der Waals surface area contributed by atoms with Crippen LogP contribution in [0, 0.1) is 17.0 Å². The van der Waals surface area contributed by atoms with Crippen molar-refractivity contribution in [3.8, 4) is 5.75 Å². The third-order valence-corrected chi connectivity index (χ3v) is 5.30. The molecule has 0 aliphatic carbocycles. The molecular formula is C21H22N4O4. The largest absolute Gasteiger partial charge is 0.477 e. The van der Waals surface area contributed by atoms with E-state index in [4.69, 9.17) is 9.72 Å². The van der Waals surface area contributed by atoms with E-state index >= 15 is 0 Å². The molecule has 1 aliphatic rings. The second kappa shape index (κ2) is 7.90. The lowest BCUT2D eigenvalue weighted by Crippen LogP contribution is -2.40. The second-order valence-electron chi connectivity index (χ2n) is 7.31. The fourth-order valence-corrected chi connectivity index (χ4v) is 3.70. The van der Waals surface area contributed by atoms with Gasteiger partial charge in [0.15, 0.2) is 12.4 Å². The van der Waals surface area contributed by atoms with Gasteiger partial charge >= 0.3 is 5.69 Å². The number of hydrogen-bond donors (Lipinski definition) is 1. The lowest BCUT2D eigenvalue weighted by Gasteiger charge is -2.31. The van der Waals surface area contributed by atoms with Gasteiger partial charge in [-0.25, -0.2) is 4.98 Å². The minimum Gasteiger partial charge on any atom is -0.477 e. The lowest BCUT2D eigenvalue weighted by atomic mass is 9.96. The number of nitrogens with one attached hydrogen (secondary N) is 1. The fourth-order valence-electron chi connectivity index (χ4n) is 3.70. The minimum atomic E-state index is -0.514. The molecule has 4 rings (SSSR count). The number of likely N-dealkylation sites (tertiary alicyclic amines) is 1. The molecule has 8 heteroatoms. The van der Waals surface area contributed by atoms with Crippen molar-refractivity contribution in [1.82, 2.24) is 14.9 Å². The summed E-state index contributed by atoms with van der Waals surface area (Å²) in [5.41, 5.74) is 3.05. The van der Waals surface area contributed by atoms with Crippen molar-refractivity contribution in [2.45, 2.75) is 25.7 Å². The van der Waals surface area contributed by atoms with E-state index in [9.17, 15) is 14.9 Å². The topological polar surface area (TPSA) is 101 Å². The van der Waals surface area contributed by atoms with Crippen LogP contribution in [-0.4, -0.2) is 45.4 Å². The van der Waals surface area contributed by atoms with E-state index in [2.05, 4.69) is 18.0 Å². The number of aryl methyl sites for hydroxylation is 1. The van der Waals surface area contributed by atoms with Gasteiger partial charge in [0, 0.05) is 25.1 Å². The first kappa shape index (κ1) is 18.9. The van der Waals surface area contributed by atoms with Crippen LogP contribution in [0.3, 0.4) is 0 Å². The average Bonchev–Trinajstić information content (AvgIpc) is 3.15. The molecule has 2 heterocycles. The standard InChI is InChI=1S/C21H22N4O4/c1-14-6-7-16-17(12-14)23-21(22-16)15-8-10-24(11-9-15)20(26)13-29-19-5-3-2-4-18(19)25(27)28/h2-7,12,15H,8-11,13H2,1H3,(H,22,23). The first-order valence-electron chi connectivity index (χ1n) is 9.61. The summed E-state index contributed by atoms with van der Waals surface area (Å²) < 4.78 is 5.42. The van der Waals surface area contributed by atoms with E-state index in [-0.39, 0.29) is 29.9 Å². The molecule has 1 amide bonds. The molecule has 0 unspecified atom stereocenters. The van der Waals surface area contributed by atoms with Gasteiger partial charge in [-0.3, -0.25) is 14.9 Å². The SMILES string of the molecule is Cc1ccc2nc(C3CCN(C(=O)COc4ccccc4[N+](=O)[O-])CC3)[nH]c2c1. The molecule has 2 aromatic carbocycles. The Balaban J connectivity index is 1.34. The van der Waals surface area contributed by atoms with Gasteiger partial charge in [0.2, 0.25) is 0 Å². The highest BCUT2D eigenvalue weighted by molar-refractivity contribution is 5.78. The fraction of sp³-hybridized carbons (Fsp3) is 0.333. The molecule has 1 saturated heterocycles. The number of nitro benzene ring substituents is 1. The van der Waals surface area contributed by atoms with Crippen LogP contribution in [0.5, 0.6) is 5.75 Å². The maximum atomic E-state index is 12.5. The van der Waals surface area contributed by atoms with Gasteiger partial charge in [-0.15, -0.1) is 0 Å². The Morgan fingerprint density at radius 1 is 1.28 bits per heavy atom. The van der Waals surface area contributed by atoms with E-state index in [0.29, 0.717) is 13.1 Å². The Morgan fingerprint density at radius 2 is 2.03 bits per heavy atom. The van der Waals surface area contributed by atoms with Crippen LogP contribution in [-0.2, 0) is 4.79 Å². The van der Waals surface area contributed by atoms with Crippen LogP contribution in [0.15, 0.2) is 42.5 Å². The van der Waals surface area contributed by atoms with Gasteiger partial charge in [0.05, 0.1) is 16.0 Å². The number of piperidine rings is 1. The number of rotatable bonds is 5. The Kier molecular flexibility index (Phi) is 5.16. The van der Waals surface area contributed by atoms with E-state index < -0.39 is 4.92 Å². The predicted molar refractivity (Wildman–Crippen MR) is 108 cm³/mol. The molecular weight excluding hydrogens is 372 g/mol. The second-order valence-corrected chi connectivity index (χ2v) is 7.31. The molecule has 1 aromatic heterocycles.